The van der Waals surface area contributed by atoms with E-state index in [0.29, 0.717) is 42.0 Å². The molecular weight excluding hydrogens is 757 g/mol. The number of rotatable bonds is 15. The van der Waals surface area contributed by atoms with Crippen LogP contribution in [0.1, 0.15) is 92.8 Å². The lowest BCUT2D eigenvalue weighted by Crippen LogP contribution is -2.39. The van der Waals surface area contributed by atoms with Crippen LogP contribution in [0.5, 0.6) is 5.75 Å². The van der Waals surface area contributed by atoms with Gasteiger partial charge >= 0.3 is 0 Å². The number of aliphatic hydroxyl groups excluding tert-OH is 1. The predicted octanol–water partition coefficient (Wildman–Crippen LogP) is 6.81. The lowest BCUT2D eigenvalue weighted by molar-refractivity contribution is -0.135. The first-order valence-electron chi connectivity index (χ1n) is 20.2. The van der Waals surface area contributed by atoms with Crippen LogP contribution in [0.15, 0.2) is 59.4 Å². The summed E-state index contributed by atoms with van der Waals surface area (Å²) in [6.45, 7) is 6.65. The maximum atomic E-state index is 13.9. The molecule has 2 aliphatic carbocycles. The molecule has 1 fully saturated rings. The SMILES string of the molecule is Cc1ccc(C(O)(C(=O)CC2CCC(N(C)CCCn3nnc4cc(CNC[C@H](O)c5ccc(O)c6[nH]c(=O)ccc56)c5c(c43)CCC5)CC2)c2ccc(C)s2)s1. The Morgan fingerprint density at radius 1 is 1.02 bits per heavy atom. The number of phenols is 1. The van der Waals surface area contributed by atoms with Crippen LogP contribution in [-0.4, -0.2) is 72.2 Å². The highest BCUT2D eigenvalue weighted by molar-refractivity contribution is 7.14. The highest BCUT2D eigenvalue weighted by Crippen LogP contribution is 2.42. The molecule has 2 aliphatic rings. The Hall–Kier alpha value is -4.24. The number of hydrogen-bond acceptors (Lipinski definition) is 11. The number of benzene rings is 2. The fourth-order valence-electron chi connectivity index (χ4n) is 9.17. The van der Waals surface area contributed by atoms with E-state index in [1.807, 2.05) is 38.1 Å². The molecule has 57 heavy (non-hydrogen) atoms. The molecule has 1 saturated carbocycles. The number of aromatic nitrogens is 4. The fourth-order valence-corrected chi connectivity index (χ4v) is 11.2. The third kappa shape index (κ3) is 7.98. The average Bonchev–Trinajstić information content (AvgIpc) is 4.03. The van der Waals surface area contributed by atoms with Crippen LogP contribution in [-0.2, 0) is 36.3 Å². The Kier molecular flexibility index (Phi) is 11.5. The van der Waals surface area contributed by atoms with Crippen molar-refractivity contribution in [2.45, 2.75) is 102 Å². The van der Waals surface area contributed by atoms with Crippen molar-refractivity contribution in [3.05, 3.63) is 107 Å². The maximum Gasteiger partial charge on any atom is 0.248 e. The van der Waals surface area contributed by atoms with Gasteiger partial charge in [0, 0.05) is 63.1 Å². The van der Waals surface area contributed by atoms with Gasteiger partial charge in [-0.3, -0.25) is 9.59 Å². The summed E-state index contributed by atoms with van der Waals surface area (Å²) in [5.41, 5.74) is 4.98. The lowest BCUT2D eigenvalue weighted by atomic mass is 9.79. The first-order valence-corrected chi connectivity index (χ1v) is 21.8. The van der Waals surface area contributed by atoms with Gasteiger partial charge < -0.3 is 30.5 Å². The van der Waals surface area contributed by atoms with E-state index in [1.54, 1.807) is 12.1 Å². The van der Waals surface area contributed by atoms with Crippen molar-refractivity contribution in [1.82, 2.24) is 30.2 Å². The van der Waals surface area contributed by atoms with E-state index >= 15 is 0 Å². The molecule has 0 bridgehead atoms. The molecule has 0 radical (unpaired) electrons. The Morgan fingerprint density at radius 3 is 2.44 bits per heavy atom. The third-order valence-electron chi connectivity index (χ3n) is 12.3. The first kappa shape index (κ1) is 39.6. The van der Waals surface area contributed by atoms with E-state index in [9.17, 15) is 24.9 Å². The fraction of sp³-hybridized carbons (Fsp3) is 0.455. The molecule has 4 aromatic heterocycles. The van der Waals surface area contributed by atoms with Crippen LogP contribution >= 0.6 is 22.7 Å². The molecule has 300 valence electrons. The smallest absolute Gasteiger partial charge is 0.248 e. The molecular formula is C44H52N6O5S2. The van der Waals surface area contributed by atoms with Crippen LogP contribution in [0.4, 0.5) is 0 Å². The van der Waals surface area contributed by atoms with E-state index in [1.165, 1.54) is 51.5 Å². The van der Waals surface area contributed by atoms with Crippen molar-refractivity contribution in [3.63, 3.8) is 0 Å². The highest BCUT2D eigenvalue weighted by Gasteiger charge is 2.43. The number of aliphatic hydroxyl groups is 2. The number of carbonyl (C=O) groups excluding carboxylic acids is 1. The Labute approximate surface area is 340 Å². The molecule has 0 amide bonds. The number of fused-ring (bicyclic) bond motifs is 4. The van der Waals surface area contributed by atoms with Gasteiger partial charge in [0.15, 0.2) is 11.4 Å². The number of pyridine rings is 1. The largest absolute Gasteiger partial charge is 0.506 e. The summed E-state index contributed by atoms with van der Waals surface area (Å²) in [7, 11) is 2.21. The van der Waals surface area contributed by atoms with E-state index < -0.39 is 11.7 Å². The molecule has 5 N–H and O–H groups in total. The number of nitrogens with zero attached hydrogens (tertiary/aromatic N) is 4. The van der Waals surface area contributed by atoms with Crippen LogP contribution in [0.2, 0.25) is 0 Å². The third-order valence-corrected chi connectivity index (χ3v) is 14.5. The highest BCUT2D eigenvalue weighted by atomic mass is 32.1. The molecule has 1 atom stereocenters. The normalized spacial score (nSPS) is 17.9. The van der Waals surface area contributed by atoms with Crippen molar-refractivity contribution in [3.8, 4) is 5.75 Å². The van der Waals surface area contributed by atoms with Gasteiger partial charge in [-0.15, -0.1) is 27.8 Å². The Bertz CT molecular complexity index is 2420. The Balaban J connectivity index is 0.844. The number of nitrogens with one attached hydrogen (secondary N) is 2. The van der Waals surface area contributed by atoms with Crippen molar-refractivity contribution in [2.24, 2.45) is 5.92 Å². The molecule has 4 heterocycles. The summed E-state index contributed by atoms with van der Waals surface area (Å²) in [5, 5.41) is 46.6. The summed E-state index contributed by atoms with van der Waals surface area (Å²) in [6.07, 6.45) is 7.66. The molecule has 11 nitrogen and oxygen atoms in total. The number of aromatic amines is 1. The number of thiophene rings is 2. The second kappa shape index (κ2) is 16.6. The molecule has 2 aromatic carbocycles. The van der Waals surface area contributed by atoms with Gasteiger partial charge in [0.05, 0.1) is 17.1 Å². The molecule has 8 rings (SSSR count). The maximum absolute atomic E-state index is 13.9. The summed E-state index contributed by atoms with van der Waals surface area (Å²) in [6, 6.07) is 16.6. The molecule has 6 aromatic rings. The van der Waals surface area contributed by atoms with Crippen LogP contribution in [0.25, 0.3) is 21.9 Å². The number of hydrogen-bond donors (Lipinski definition) is 5. The topological polar surface area (TPSA) is 157 Å². The molecule has 0 unspecified atom stereocenters. The minimum absolute atomic E-state index is 0.0275. The number of phenolic OH excluding ortho intramolecular Hbond substituents is 1. The van der Waals surface area contributed by atoms with E-state index in [-0.39, 0.29) is 23.0 Å². The van der Waals surface area contributed by atoms with Gasteiger partial charge in [0.25, 0.3) is 0 Å². The zero-order chi connectivity index (χ0) is 39.8. The second-order valence-electron chi connectivity index (χ2n) is 16.1. The first-order chi connectivity index (χ1) is 27.5. The standard InChI is InChI=1S/C44H52N6O5S2/c1-26-8-17-39(56-26)44(55,40-18-9-27(2)57-40)38(53)22-28-10-12-30(13-11-28)49(3)20-5-21-50-43-34-7-4-6-31(34)29(23-35(43)47-48-50)24-45-25-37(52)32-14-16-36(51)42-33(32)15-19-41(54)46-42/h8-9,14-19,23,28,30,37,45,51-52,55H,4-7,10-13,20-22,24-25H2,1-3H3,(H,46,54)/t28?,30?,37-/m0/s1. The summed E-state index contributed by atoms with van der Waals surface area (Å²) in [4.78, 5) is 34.5. The molecule has 13 heteroatoms. The minimum Gasteiger partial charge on any atom is -0.506 e. The zero-order valence-corrected chi connectivity index (χ0v) is 34.5. The number of ketones is 1. The predicted molar refractivity (Wildman–Crippen MR) is 226 cm³/mol. The van der Waals surface area contributed by atoms with Crippen molar-refractivity contribution < 1.29 is 20.1 Å². The average molecular weight is 809 g/mol. The van der Waals surface area contributed by atoms with Crippen LogP contribution < -0.4 is 10.9 Å². The number of Topliss-reactive ketones (excluding diaryl/α,β-unsaturated/α-hetero) is 1. The van der Waals surface area contributed by atoms with Gasteiger partial charge in [0.2, 0.25) is 5.56 Å². The van der Waals surface area contributed by atoms with Gasteiger partial charge in [-0.25, -0.2) is 4.68 Å². The van der Waals surface area contributed by atoms with Crippen LogP contribution in [0.3, 0.4) is 0 Å². The number of aromatic hydroxyl groups is 1. The lowest BCUT2D eigenvalue weighted by Gasteiger charge is -2.35. The number of aryl methyl sites for hydroxylation is 4. The monoisotopic (exact) mass is 808 g/mol. The van der Waals surface area contributed by atoms with Crippen molar-refractivity contribution in [2.75, 3.05) is 20.1 Å². The molecule has 0 spiro atoms. The molecule has 0 aliphatic heterocycles. The Morgan fingerprint density at radius 2 is 1.74 bits per heavy atom. The van der Waals surface area contributed by atoms with Gasteiger partial charge in [-0.05, 0) is 149 Å². The minimum atomic E-state index is -1.57. The van der Waals surface area contributed by atoms with E-state index in [2.05, 4.69) is 43.3 Å². The summed E-state index contributed by atoms with van der Waals surface area (Å²) >= 11 is 3.01. The second-order valence-corrected chi connectivity index (χ2v) is 18.7. The molecule has 0 saturated heterocycles. The summed E-state index contributed by atoms with van der Waals surface area (Å²) < 4.78 is 2.09. The van der Waals surface area contributed by atoms with E-state index in [4.69, 9.17) is 0 Å². The summed E-state index contributed by atoms with van der Waals surface area (Å²) in [5.74, 6) is 0.161. The van der Waals surface area contributed by atoms with Gasteiger partial charge in [-0.1, -0.05) is 11.3 Å². The van der Waals surface area contributed by atoms with Crippen molar-refractivity contribution >= 4 is 50.4 Å². The number of carbonyl (C=O) groups is 1. The van der Waals surface area contributed by atoms with Gasteiger partial charge in [-0.2, -0.15) is 0 Å². The van der Waals surface area contributed by atoms with E-state index in [0.717, 1.165) is 95.0 Å². The zero-order valence-electron chi connectivity index (χ0n) is 32.9. The van der Waals surface area contributed by atoms with Crippen LogP contribution in [0, 0.1) is 19.8 Å². The van der Waals surface area contributed by atoms with Gasteiger partial charge in [0.1, 0.15) is 11.3 Å². The quantitative estimate of drug-likeness (QED) is 0.0753. The number of H-pyrrole nitrogens is 1. The van der Waals surface area contributed by atoms with Crippen molar-refractivity contribution in [1.29, 1.82) is 0 Å².